The first-order valence-corrected chi connectivity index (χ1v) is 9.97. The summed E-state index contributed by atoms with van der Waals surface area (Å²) < 4.78 is 34.5. The highest BCUT2D eigenvalue weighted by atomic mass is 16.7. The van der Waals surface area contributed by atoms with Crippen LogP contribution in [0.4, 0.5) is 0 Å². The first kappa shape index (κ1) is 20.5. The molecule has 2 aromatic rings. The van der Waals surface area contributed by atoms with E-state index in [4.69, 9.17) is 28.4 Å². The van der Waals surface area contributed by atoms with E-state index in [0.29, 0.717) is 23.0 Å². The minimum Gasteiger partial charge on any atom is -0.504 e. The van der Waals surface area contributed by atoms with Crippen LogP contribution in [0.3, 0.4) is 0 Å². The summed E-state index contributed by atoms with van der Waals surface area (Å²) in [6.07, 6.45) is 0.525. The van der Waals surface area contributed by atoms with E-state index in [0.717, 1.165) is 28.7 Å². The topological polar surface area (TPSA) is 75.6 Å². The molecule has 0 saturated carbocycles. The molecule has 0 saturated heterocycles. The van der Waals surface area contributed by atoms with E-state index in [2.05, 4.69) is 13.8 Å². The van der Waals surface area contributed by atoms with Gasteiger partial charge < -0.3 is 33.5 Å². The van der Waals surface area contributed by atoms with E-state index in [1.54, 1.807) is 27.4 Å². The van der Waals surface area contributed by atoms with Crippen LogP contribution in [0.2, 0.25) is 0 Å². The molecule has 0 unspecified atom stereocenters. The molecule has 162 valence electrons. The molecule has 7 nitrogen and oxygen atoms in total. The molecule has 1 aliphatic carbocycles. The van der Waals surface area contributed by atoms with Crippen molar-refractivity contribution in [2.75, 3.05) is 35.2 Å². The van der Waals surface area contributed by atoms with Crippen LogP contribution in [0.25, 0.3) is 11.1 Å². The van der Waals surface area contributed by atoms with E-state index in [1.165, 1.54) is 7.11 Å². The van der Waals surface area contributed by atoms with Crippen molar-refractivity contribution in [2.24, 2.45) is 11.8 Å². The molecule has 3 atom stereocenters. The molecule has 1 aliphatic heterocycles. The average molecular weight is 416 g/mol. The Morgan fingerprint density at radius 2 is 1.60 bits per heavy atom. The van der Waals surface area contributed by atoms with E-state index >= 15 is 0 Å². The maximum Gasteiger partial charge on any atom is 0.231 e. The van der Waals surface area contributed by atoms with E-state index in [1.807, 2.05) is 6.07 Å². The second-order valence-electron chi connectivity index (χ2n) is 7.80. The maximum absolute atomic E-state index is 10.6. The number of phenolic OH excluding ortho intramolecular Hbond substituents is 1. The number of benzene rings is 2. The fraction of sp³-hybridized carbons (Fsp3) is 0.478. The Hall–Kier alpha value is -2.80. The number of aromatic hydroxyl groups is 1. The second kappa shape index (κ2) is 7.80. The lowest BCUT2D eigenvalue weighted by atomic mass is 9.76. The molecule has 30 heavy (non-hydrogen) atoms. The lowest BCUT2D eigenvalue weighted by Crippen LogP contribution is -2.24. The molecule has 0 amide bonds. The summed E-state index contributed by atoms with van der Waals surface area (Å²) in [5.41, 5.74) is 3.47. The average Bonchev–Trinajstić information content (AvgIpc) is 3.20. The number of methoxy groups -OCH3 is 4. The second-order valence-corrected chi connectivity index (χ2v) is 7.80. The van der Waals surface area contributed by atoms with Crippen LogP contribution < -0.4 is 23.7 Å². The summed E-state index contributed by atoms with van der Waals surface area (Å²) in [6, 6.07) is 3.71. The molecule has 1 N–H and O–H groups in total. The lowest BCUT2D eigenvalue weighted by molar-refractivity contribution is 0.0362. The molecule has 7 heteroatoms. The van der Waals surface area contributed by atoms with Gasteiger partial charge in [-0.3, -0.25) is 0 Å². The first-order valence-electron chi connectivity index (χ1n) is 9.97. The minimum atomic E-state index is -0.198. The third-order valence-electron chi connectivity index (χ3n) is 6.29. The van der Waals surface area contributed by atoms with Crippen LogP contribution in [0.1, 0.15) is 31.1 Å². The number of rotatable bonds is 4. The number of fused-ring (bicyclic) bond motifs is 4. The van der Waals surface area contributed by atoms with Crippen molar-refractivity contribution in [1.29, 1.82) is 0 Å². The molecule has 2 aliphatic rings. The van der Waals surface area contributed by atoms with Gasteiger partial charge in [0, 0.05) is 18.2 Å². The lowest BCUT2D eigenvalue weighted by Gasteiger charge is -2.34. The van der Waals surface area contributed by atoms with Gasteiger partial charge in [0.05, 0.1) is 27.4 Å². The Morgan fingerprint density at radius 1 is 0.900 bits per heavy atom. The van der Waals surface area contributed by atoms with E-state index in [-0.39, 0.29) is 36.2 Å². The Labute approximate surface area is 176 Å². The number of phenols is 1. The molecule has 2 aromatic carbocycles. The summed E-state index contributed by atoms with van der Waals surface area (Å²) in [6.45, 7) is 4.48. The van der Waals surface area contributed by atoms with Crippen molar-refractivity contribution >= 4 is 0 Å². The third-order valence-corrected chi connectivity index (χ3v) is 6.29. The van der Waals surface area contributed by atoms with Crippen molar-refractivity contribution < 1.29 is 33.5 Å². The minimum absolute atomic E-state index is 0.0399. The summed E-state index contributed by atoms with van der Waals surface area (Å²) in [5.74, 6) is 2.96. The fourth-order valence-corrected chi connectivity index (χ4v) is 4.67. The SMILES string of the molecule is COc1c(O)cc2c(c1OC)-c1c(cc3c(c1OC)OCO3)[C@H](OC)[C@@H](C)[C@@H](C)C2. The van der Waals surface area contributed by atoms with Gasteiger partial charge in [-0.2, -0.15) is 0 Å². The Morgan fingerprint density at radius 3 is 2.23 bits per heavy atom. The molecule has 0 fully saturated rings. The Bertz CT molecular complexity index is 969. The Kier molecular flexibility index (Phi) is 5.32. The van der Waals surface area contributed by atoms with Gasteiger partial charge in [-0.05, 0) is 41.5 Å². The van der Waals surface area contributed by atoms with Crippen molar-refractivity contribution in [3.8, 4) is 45.6 Å². The summed E-state index contributed by atoms with van der Waals surface area (Å²) in [7, 11) is 6.39. The van der Waals surface area contributed by atoms with E-state index < -0.39 is 0 Å². The predicted molar refractivity (Wildman–Crippen MR) is 111 cm³/mol. The van der Waals surface area contributed by atoms with Crippen LogP contribution in [0.5, 0.6) is 34.5 Å². The van der Waals surface area contributed by atoms with Gasteiger partial charge in [-0.15, -0.1) is 0 Å². The van der Waals surface area contributed by atoms with Gasteiger partial charge in [0.25, 0.3) is 0 Å². The monoisotopic (exact) mass is 416 g/mol. The van der Waals surface area contributed by atoms with Gasteiger partial charge in [0.1, 0.15) is 0 Å². The summed E-state index contributed by atoms with van der Waals surface area (Å²) >= 11 is 0. The molecular weight excluding hydrogens is 388 g/mol. The van der Waals surface area contributed by atoms with Gasteiger partial charge in [-0.1, -0.05) is 13.8 Å². The van der Waals surface area contributed by atoms with Gasteiger partial charge in [-0.25, -0.2) is 0 Å². The molecule has 1 heterocycles. The molecule has 0 spiro atoms. The molecule has 0 bridgehead atoms. The third kappa shape index (κ3) is 2.91. The van der Waals surface area contributed by atoms with Crippen LogP contribution in [0.15, 0.2) is 12.1 Å². The zero-order valence-electron chi connectivity index (χ0n) is 18.2. The van der Waals surface area contributed by atoms with Gasteiger partial charge in [0.15, 0.2) is 23.0 Å². The first-order chi connectivity index (χ1) is 14.5. The van der Waals surface area contributed by atoms with E-state index in [9.17, 15) is 5.11 Å². The quantitative estimate of drug-likeness (QED) is 0.795. The highest BCUT2D eigenvalue weighted by molar-refractivity contribution is 5.88. The predicted octanol–water partition coefficient (Wildman–Crippen LogP) is 4.33. The van der Waals surface area contributed by atoms with Crippen LogP contribution in [0, 0.1) is 11.8 Å². The van der Waals surface area contributed by atoms with Crippen molar-refractivity contribution in [3.05, 3.63) is 23.3 Å². The van der Waals surface area contributed by atoms with Gasteiger partial charge in [0.2, 0.25) is 18.3 Å². The number of hydrogen-bond donors (Lipinski definition) is 1. The highest BCUT2D eigenvalue weighted by Crippen LogP contribution is 2.58. The summed E-state index contributed by atoms with van der Waals surface area (Å²) in [4.78, 5) is 0. The molecule has 0 radical (unpaired) electrons. The Balaban J connectivity index is 2.17. The van der Waals surface area contributed by atoms with Crippen LogP contribution in [-0.2, 0) is 11.2 Å². The zero-order valence-corrected chi connectivity index (χ0v) is 18.2. The zero-order chi connectivity index (χ0) is 21.6. The van der Waals surface area contributed by atoms with Gasteiger partial charge >= 0.3 is 0 Å². The summed E-state index contributed by atoms with van der Waals surface area (Å²) in [5, 5.41) is 10.6. The number of ether oxygens (including phenoxy) is 6. The highest BCUT2D eigenvalue weighted by Gasteiger charge is 2.38. The van der Waals surface area contributed by atoms with Crippen molar-refractivity contribution in [1.82, 2.24) is 0 Å². The maximum atomic E-state index is 10.6. The molecule has 0 aromatic heterocycles. The van der Waals surface area contributed by atoms with Crippen LogP contribution >= 0.6 is 0 Å². The fourth-order valence-electron chi connectivity index (χ4n) is 4.67. The number of hydrogen-bond acceptors (Lipinski definition) is 7. The largest absolute Gasteiger partial charge is 0.504 e. The smallest absolute Gasteiger partial charge is 0.231 e. The standard InChI is InChI=1S/C23H28O7/c1-11-7-13-8-15(24)20(26-4)22(27-5)17(13)18-14(19(25-3)12(11)2)9-16-21(23(18)28-6)30-10-29-16/h8-9,11-12,19,24H,7,10H2,1-6H3/t11-,12-,19+/m0/s1. The van der Waals surface area contributed by atoms with Crippen molar-refractivity contribution in [2.45, 2.75) is 26.4 Å². The van der Waals surface area contributed by atoms with Crippen molar-refractivity contribution in [3.63, 3.8) is 0 Å². The normalized spacial score (nSPS) is 21.9. The molecular formula is C23H28O7. The van der Waals surface area contributed by atoms with Crippen LogP contribution in [-0.4, -0.2) is 40.3 Å². The molecule has 4 rings (SSSR count).